The van der Waals surface area contributed by atoms with E-state index < -0.39 is 6.04 Å². The van der Waals surface area contributed by atoms with Gasteiger partial charge in [-0.05, 0) is 12.0 Å². The van der Waals surface area contributed by atoms with Crippen LogP contribution in [0, 0.1) is 5.92 Å². The monoisotopic (exact) mass is 359 g/mol. The van der Waals surface area contributed by atoms with Crippen molar-refractivity contribution in [3.8, 4) is 5.75 Å². The average molecular weight is 360 g/mol. The maximum absolute atomic E-state index is 12.0. The van der Waals surface area contributed by atoms with Crippen molar-refractivity contribution in [3.05, 3.63) is 27.7 Å². The number of nitrogens with one attached hydrogen (secondary N) is 2. The quantitative estimate of drug-likeness (QED) is 0.744. The highest BCUT2D eigenvalue weighted by Gasteiger charge is 2.28. The Bertz CT molecular complexity index is 622. The number of hydrogen-bond acceptors (Lipinski definition) is 4. The second-order valence-corrected chi connectivity index (χ2v) is 6.48. The molecule has 0 aliphatic carbocycles. The molecule has 2 atom stereocenters. The zero-order valence-corrected chi connectivity index (χ0v) is 14.4. The molecule has 2 amide bonds. The van der Waals surface area contributed by atoms with Crippen LogP contribution in [0.1, 0.15) is 25.5 Å². The van der Waals surface area contributed by atoms with Crippen molar-refractivity contribution in [2.75, 3.05) is 13.2 Å². The lowest BCUT2D eigenvalue weighted by atomic mass is 10.1. The van der Waals surface area contributed by atoms with Crippen LogP contribution < -0.4 is 21.1 Å². The maximum atomic E-state index is 12.0. The molecule has 0 fully saturated rings. The Balaban J connectivity index is 1.91. The third kappa shape index (κ3) is 4.07. The zero-order chi connectivity index (χ0) is 17.1. The molecule has 0 saturated carbocycles. The van der Waals surface area contributed by atoms with Gasteiger partial charge in [0.2, 0.25) is 11.8 Å². The highest BCUT2D eigenvalue weighted by molar-refractivity contribution is 6.43. The number of hydrogen-bond donors (Lipinski definition) is 3. The first-order chi connectivity index (χ1) is 10.8. The molecule has 2 rings (SSSR count). The Kier molecular flexibility index (Phi) is 5.73. The van der Waals surface area contributed by atoms with Crippen molar-refractivity contribution in [2.24, 2.45) is 11.7 Å². The molecule has 1 aromatic carbocycles. The summed E-state index contributed by atoms with van der Waals surface area (Å²) in [5, 5.41) is 6.03. The van der Waals surface area contributed by atoms with E-state index in [9.17, 15) is 9.59 Å². The third-order valence-corrected chi connectivity index (χ3v) is 4.42. The van der Waals surface area contributed by atoms with Gasteiger partial charge in [-0.2, -0.15) is 0 Å². The fraction of sp³-hybridized carbons (Fsp3) is 0.467. The lowest BCUT2D eigenvalue weighted by Gasteiger charge is -2.16. The van der Waals surface area contributed by atoms with Crippen LogP contribution in [0.15, 0.2) is 12.1 Å². The Hall–Kier alpha value is -1.50. The van der Waals surface area contributed by atoms with Gasteiger partial charge >= 0.3 is 0 Å². The molecule has 1 aromatic rings. The number of halogens is 2. The lowest BCUT2D eigenvalue weighted by molar-refractivity contribution is -0.127. The van der Waals surface area contributed by atoms with Crippen LogP contribution in [0.4, 0.5) is 0 Å². The normalized spacial score (nSPS) is 17.4. The highest BCUT2D eigenvalue weighted by Crippen LogP contribution is 2.41. The summed E-state index contributed by atoms with van der Waals surface area (Å²) >= 11 is 12.0. The summed E-state index contributed by atoms with van der Waals surface area (Å²) < 4.78 is 5.48. The van der Waals surface area contributed by atoms with Crippen molar-refractivity contribution < 1.29 is 14.3 Å². The topological polar surface area (TPSA) is 93.5 Å². The Morgan fingerprint density at radius 3 is 2.74 bits per heavy atom. The van der Waals surface area contributed by atoms with Crippen molar-refractivity contribution in [2.45, 2.75) is 25.9 Å². The largest absolute Gasteiger partial charge is 0.489 e. The van der Waals surface area contributed by atoms with Crippen molar-refractivity contribution in [1.82, 2.24) is 10.6 Å². The Labute approximate surface area is 144 Å². The number of ether oxygens (including phenoxy) is 1. The fourth-order valence-electron chi connectivity index (χ4n) is 2.18. The van der Waals surface area contributed by atoms with Gasteiger partial charge in [0.05, 0.1) is 23.7 Å². The number of carbonyl (C=O) groups excluding carboxylic acids is 2. The molecule has 1 aliphatic rings. The van der Waals surface area contributed by atoms with Crippen LogP contribution in [0.2, 0.25) is 10.0 Å². The van der Waals surface area contributed by atoms with E-state index in [1.807, 2.05) is 13.8 Å². The summed E-state index contributed by atoms with van der Waals surface area (Å²) in [5.41, 5.74) is 6.47. The Morgan fingerprint density at radius 1 is 1.39 bits per heavy atom. The minimum atomic E-state index is -0.640. The number of amides is 2. The van der Waals surface area contributed by atoms with Gasteiger partial charge in [0.1, 0.15) is 17.4 Å². The van der Waals surface area contributed by atoms with Crippen LogP contribution in [0.3, 0.4) is 0 Å². The summed E-state index contributed by atoms with van der Waals surface area (Å²) in [7, 11) is 0. The van der Waals surface area contributed by atoms with Gasteiger partial charge in [0, 0.05) is 5.56 Å². The molecule has 1 heterocycles. The first-order valence-electron chi connectivity index (χ1n) is 7.24. The van der Waals surface area contributed by atoms with Gasteiger partial charge in [0.15, 0.2) is 0 Å². The predicted octanol–water partition coefficient (Wildman–Crippen LogP) is 1.64. The van der Waals surface area contributed by atoms with Crippen LogP contribution in [-0.4, -0.2) is 31.0 Å². The highest BCUT2D eigenvalue weighted by atomic mass is 35.5. The van der Waals surface area contributed by atoms with Gasteiger partial charge in [-0.25, -0.2) is 0 Å². The molecule has 1 aliphatic heterocycles. The van der Waals surface area contributed by atoms with E-state index in [2.05, 4.69) is 10.6 Å². The summed E-state index contributed by atoms with van der Waals surface area (Å²) in [4.78, 5) is 23.7. The second-order valence-electron chi connectivity index (χ2n) is 5.70. The number of nitrogens with two attached hydrogens (primary N) is 1. The summed E-state index contributed by atoms with van der Waals surface area (Å²) in [6.07, 6.45) is 0. The molecule has 6 nitrogen and oxygen atoms in total. The van der Waals surface area contributed by atoms with E-state index in [0.29, 0.717) is 15.8 Å². The molecule has 0 spiro atoms. The van der Waals surface area contributed by atoms with Gasteiger partial charge in [-0.15, -0.1) is 0 Å². The summed E-state index contributed by atoms with van der Waals surface area (Å²) in [6, 6.07) is 2.44. The minimum absolute atomic E-state index is 0.0000562. The molecular weight excluding hydrogens is 341 g/mol. The molecule has 0 bridgehead atoms. The molecule has 23 heavy (non-hydrogen) atoms. The number of rotatable bonds is 5. The van der Waals surface area contributed by atoms with Gasteiger partial charge < -0.3 is 21.1 Å². The molecular formula is C15H19Cl2N3O3. The standard InChI is InChI=1S/C15H19Cl2N3O3/c1-7(2)13(18)15(22)19-5-11(21)20-10-6-23-14-8(10)3-4-9(16)12(14)17/h3-4,7,10,13H,5-6,18H2,1-2H3,(H,19,22)(H,20,21)/t10?,13-/m0/s1. The van der Waals surface area contributed by atoms with Gasteiger partial charge in [-0.1, -0.05) is 43.1 Å². The van der Waals surface area contributed by atoms with Crippen LogP contribution >= 0.6 is 23.2 Å². The first-order valence-corrected chi connectivity index (χ1v) is 8.00. The number of carbonyl (C=O) groups is 2. The zero-order valence-electron chi connectivity index (χ0n) is 12.9. The maximum Gasteiger partial charge on any atom is 0.240 e. The average Bonchev–Trinajstić information content (AvgIpc) is 2.91. The van der Waals surface area contributed by atoms with E-state index in [4.69, 9.17) is 33.7 Å². The van der Waals surface area contributed by atoms with Crippen LogP contribution in [0.25, 0.3) is 0 Å². The van der Waals surface area contributed by atoms with E-state index in [1.54, 1.807) is 12.1 Å². The van der Waals surface area contributed by atoms with E-state index in [1.165, 1.54) is 0 Å². The fourth-order valence-corrected chi connectivity index (χ4v) is 2.55. The van der Waals surface area contributed by atoms with E-state index >= 15 is 0 Å². The van der Waals surface area contributed by atoms with Crippen molar-refractivity contribution in [3.63, 3.8) is 0 Å². The summed E-state index contributed by atoms with van der Waals surface area (Å²) in [6.45, 7) is 3.80. The van der Waals surface area contributed by atoms with Crippen molar-refractivity contribution in [1.29, 1.82) is 0 Å². The van der Waals surface area contributed by atoms with Gasteiger partial charge in [-0.3, -0.25) is 9.59 Å². The van der Waals surface area contributed by atoms with Crippen LogP contribution in [0.5, 0.6) is 5.75 Å². The molecule has 1 unspecified atom stereocenters. The van der Waals surface area contributed by atoms with Gasteiger partial charge in [0.25, 0.3) is 0 Å². The molecule has 0 saturated heterocycles. The van der Waals surface area contributed by atoms with E-state index in [-0.39, 0.29) is 36.9 Å². The number of benzene rings is 1. The molecule has 8 heteroatoms. The predicted molar refractivity (Wildman–Crippen MR) is 88.7 cm³/mol. The van der Waals surface area contributed by atoms with Crippen molar-refractivity contribution >= 4 is 35.0 Å². The Morgan fingerprint density at radius 2 is 2.09 bits per heavy atom. The molecule has 0 radical (unpaired) electrons. The van der Waals surface area contributed by atoms with E-state index in [0.717, 1.165) is 5.56 Å². The second kappa shape index (κ2) is 7.38. The number of fused-ring (bicyclic) bond motifs is 1. The lowest BCUT2D eigenvalue weighted by Crippen LogP contribution is -2.47. The smallest absolute Gasteiger partial charge is 0.240 e. The van der Waals surface area contributed by atoms with Crippen LogP contribution in [-0.2, 0) is 9.59 Å². The molecule has 4 N–H and O–H groups in total. The summed E-state index contributed by atoms with van der Waals surface area (Å²) in [5.74, 6) is -0.203. The first kappa shape index (κ1) is 17.8. The molecule has 126 valence electrons. The SMILES string of the molecule is CC(C)[C@H](N)C(=O)NCC(=O)NC1COc2c1ccc(Cl)c2Cl. The third-order valence-electron chi connectivity index (χ3n) is 3.63. The molecule has 0 aromatic heterocycles. The minimum Gasteiger partial charge on any atom is -0.489 e.